The normalized spacial score (nSPS) is 36.7. The van der Waals surface area contributed by atoms with E-state index in [0.717, 1.165) is 25.0 Å². The van der Waals surface area contributed by atoms with Gasteiger partial charge in [0.1, 0.15) is 11.5 Å². The molecule has 0 radical (unpaired) electrons. The lowest BCUT2D eigenvalue weighted by atomic mass is 9.46. The lowest BCUT2D eigenvalue weighted by Crippen LogP contribution is -2.53. The highest BCUT2D eigenvalue weighted by molar-refractivity contribution is 5.85. The monoisotopic (exact) mass is 326 g/mol. The summed E-state index contributed by atoms with van der Waals surface area (Å²) in [5.41, 5.74) is 4.62. The molecule has 0 N–H and O–H groups in total. The quantitative estimate of drug-likeness (QED) is 0.720. The Morgan fingerprint density at radius 1 is 1.17 bits per heavy atom. The van der Waals surface area contributed by atoms with Crippen LogP contribution in [0.5, 0.6) is 5.75 Å². The van der Waals surface area contributed by atoms with Crippen LogP contribution in [0.15, 0.2) is 12.1 Å². The molecule has 3 aliphatic carbocycles. The van der Waals surface area contributed by atoms with Gasteiger partial charge in [0.2, 0.25) is 0 Å². The average Bonchev–Trinajstić information content (AvgIpc) is 2.92. The first-order chi connectivity index (χ1) is 11.3. The molecule has 4 rings (SSSR count). The maximum Gasteiger partial charge on any atom is 0.138 e. The number of methoxy groups -OCH3 is 1. The standard InChI is InChI=1S/C22H30O2/c1-13-10-15(24-5)11-14-12-17-16(20(13)14)6-7-18-21(2,3)19(23)8-9-22(17,18)4/h10-11,16-18H,6-9,12H2,1-5H3/t16-,17+,18+,22-/m0/s1. The number of carbonyl (C=O) groups is 1. The summed E-state index contributed by atoms with van der Waals surface area (Å²) in [6.07, 6.45) is 5.44. The molecule has 2 fully saturated rings. The van der Waals surface area contributed by atoms with E-state index in [4.69, 9.17) is 4.74 Å². The van der Waals surface area contributed by atoms with E-state index in [1.165, 1.54) is 24.0 Å². The largest absolute Gasteiger partial charge is 0.497 e. The minimum Gasteiger partial charge on any atom is -0.497 e. The van der Waals surface area contributed by atoms with Crippen LogP contribution in [-0.4, -0.2) is 12.9 Å². The fraction of sp³-hybridized carbons (Fsp3) is 0.682. The summed E-state index contributed by atoms with van der Waals surface area (Å²) >= 11 is 0. The molecule has 0 saturated heterocycles. The van der Waals surface area contributed by atoms with Gasteiger partial charge in [0.05, 0.1) is 7.11 Å². The van der Waals surface area contributed by atoms with Gasteiger partial charge in [-0.2, -0.15) is 0 Å². The average molecular weight is 326 g/mol. The zero-order valence-corrected chi connectivity index (χ0v) is 15.7. The topological polar surface area (TPSA) is 26.3 Å². The first-order valence-corrected chi connectivity index (χ1v) is 9.49. The third-order valence-electron chi connectivity index (χ3n) is 7.87. The van der Waals surface area contributed by atoms with Crippen molar-refractivity contribution in [3.8, 4) is 5.75 Å². The van der Waals surface area contributed by atoms with Crippen LogP contribution in [0.4, 0.5) is 0 Å². The lowest BCUT2D eigenvalue weighted by molar-refractivity contribution is -0.148. The maximum atomic E-state index is 12.5. The number of Topliss-reactive ketones (excluding diaryl/α,β-unsaturated/α-hetero) is 1. The molecule has 0 aromatic heterocycles. The van der Waals surface area contributed by atoms with Gasteiger partial charge in [-0.3, -0.25) is 4.79 Å². The number of fused-ring (bicyclic) bond motifs is 5. The molecule has 1 aromatic rings. The number of hydrogen-bond acceptors (Lipinski definition) is 2. The van der Waals surface area contributed by atoms with E-state index in [0.29, 0.717) is 29.0 Å². The SMILES string of the molecule is COc1cc(C)c2c(c1)C[C@@H]1[C@@H]2CC[C@@H]2C(C)(C)C(=O)CC[C@@]12C. The molecule has 0 amide bonds. The number of aryl methyl sites for hydroxylation is 1. The van der Waals surface area contributed by atoms with E-state index < -0.39 is 0 Å². The molecule has 0 unspecified atom stereocenters. The zero-order chi connectivity index (χ0) is 17.3. The van der Waals surface area contributed by atoms with Gasteiger partial charge in [0, 0.05) is 11.8 Å². The summed E-state index contributed by atoms with van der Waals surface area (Å²) in [4.78, 5) is 12.5. The Hall–Kier alpha value is -1.31. The van der Waals surface area contributed by atoms with Crippen molar-refractivity contribution in [3.05, 3.63) is 28.8 Å². The van der Waals surface area contributed by atoms with Gasteiger partial charge < -0.3 is 4.74 Å². The highest BCUT2D eigenvalue weighted by Gasteiger charge is 2.59. The minimum absolute atomic E-state index is 0.153. The molecule has 2 heteroatoms. The first kappa shape index (κ1) is 16.2. The molecule has 1 aromatic carbocycles. The van der Waals surface area contributed by atoms with E-state index in [-0.39, 0.29) is 5.41 Å². The highest BCUT2D eigenvalue weighted by atomic mass is 16.5. The second kappa shape index (κ2) is 5.09. The van der Waals surface area contributed by atoms with Crippen molar-refractivity contribution in [1.29, 1.82) is 0 Å². The third-order valence-corrected chi connectivity index (χ3v) is 7.87. The number of hydrogen-bond donors (Lipinski definition) is 0. The van der Waals surface area contributed by atoms with Gasteiger partial charge >= 0.3 is 0 Å². The van der Waals surface area contributed by atoms with E-state index in [1.54, 1.807) is 12.7 Å². The van der Waals surface area contributed by atoms with Crippen molar-refractivity contribution >= 4 is 5.78 Å². The van der Waals surface area contributed by atoms with Crippen molar-refractivity contribution in [2.24, 2.45) is 22.7 Å². The molecule has 0 bridgehead atoms. The Labute approximate surface area is 146 Å². The molecule has 130 valence electrons. The van der Waals surface area contributed by atoms with Crippen molar-refractivity contribution in [1.82, 2.24) is 0 Å². The zero-order valence-electron chi connectivity index (χ0n) is 15.7. The van der Waals surface area contributed by atoms with Crippen molar-refractivity contribution in [3.63, 3.8) is 0 Å². The van der Waals surface area contributed by atoms with E-state index in [9.17, 15) is 4.79 Å². The Morgan fingerprint density at radius 3 is 2.62 bits per heavy atom. The molecular weight excluding hydrogens is 296 g/mol. The van der Waals surface area contributed by atoms with E-state index in [2.05, 4.69) is 39.8 Å². The number of ether oxygens (including phenoxy) is 1. The molecule has 2 saturated carbocycles. The predicted octanol–water partition coefficient (Wildman–Crippen LogP) is 5.06. The van der Waals surface area contributed by atoms with Gasteiger partial charge in [0.15, 0.2) is 0 Å². The predicted molar refractivity (Wildman–Crippen MR) is 96.5 cm³/mol. The molecular formula is C22H30O2. The van der Waals surface area contributed by atoms with Gasteiger partial charge in [-0.25, -0.2) is 0 Å². The third kappa shape index (κ3) is 1.98. The van der Waals surface area contributed by atoms with Crippen LogP contribution in [0.3, 0.4) is 0 Å². The molecule has 24 heavy (non-hydrogen) atoms. The van der Waals surface area contributed by atoms with Gasteiger partial charge in [-0.1, -0.05) is 20.8 Å². The van der Waals surface area contributed by atoms with Crippen LogP contribution < -0.4 is 4.74 Å². The Kier molecular flexibility index (Phi) is 3.43. The Morgan fingerprint density at radius 2 is 1.92 bits per heavy atom. The highest BCUT2D eigenvalue weighted by Crippen LogP contribution is 2.65. The fourth-order valence-electron chi connectivity index (χ4n) is 6.65. The van der Waals surface area contributed by atoms with Crippen molar-refractivity contribution < 1.29 is 9.53 Å². The van der Waals surface area contributed by atoms with Crippen LogP contribution in [0.1, 0.15) is 69.1 Å². The van der Waals surface area contributed by atoms with Gasteiger partial charge in [-0.05, 0) is 84.6 Å². The van der Waals surface area contributed by atoms with Crippen molar-refractivity contribution in [2.75, 3.05) is 7.11 Å². The number of benzene rings is 1. The van der Waals surface area contributed by atoms with Crippen LogP contribution in [-0.2, 0) is 11.2 Å². The Bertz CT molecular complexity index is 702. The number of rotatable bonds is 1. The Balaban J connectivity index is 1.76. The van der Waals surface area contributed by atoms with E-state index >= 15 is 0 Å². The number of ketones is 1. The lowest BCUT2D eigenvalue weighted by Gasteiger charge is -2.57. The smallest absolute Gasteiger partial charge is 0.138 e. The molecule has 4 atom stereocenters. The summed E-state index contributed by atoms with van der Waals surface area (Å²) in [5, 5.41) is 0. The maximum absolute atomic E-state index is 12.5. The summed E-state index contributed by atoms with van der Waals surface area (Å²) in [6.45, 7) is 9.13. The van der Waals surface area contributed by atoms with Gasteiger partial charge in [0.25, 0.3) is 0 Å². The molecule has 0 spiro atoms. The molecule has 0 aliphatic heterocycles. The van der Waals surface area contributed by atoms with Crippen LogP contribution in [0.25, 0.3) is 0 Å². The van der Waals surface area contributed by atoms with Crippen LogP contribution in [0, 0.1) is 29.6 Å². The summed E-state index contributed by atoms with van der Waals surface area (Å²) in [5.74, 6) is 3.37. The summed E-state index contributed by atoms with van der Waals surface area (Å²) in [7, 11) is 1.76. The summed E-state index contributed by atoms with van der Waals surface area (Å²) in [6, 6.07) is 4.46. The second-order valence-electron chi connectivity index (χ2n) is 9.21. The molecule has 0 heterocycles. The van der Waals surface area contributed by atoms with Crippen molar-refractivity contribution in [2.45, 2.75) is 65.7 Å². The molecule has 3 aliphatic rings. The summed E-state index contributed by atoms with van der Waals surface area (Å²) < 4.78 is 5.51. The molecule has 2 nitrogen and oxygen atoms in total. The number of carbonyl (C=O) groups excluding carboxylic acids is 1. The second-order valence-corrected chi connectivity index (χ2v) is 9.21. The van der Waals surface area contributed by atoms with Crippen LogP contribution in [0.2, 0.25) is 0 Å². The van der Waals surface area contributed by atoms with Crippen LogP contribution >= 0.6 is 0 Å². The van der Waals surface area contributed by atoms with E-state index in [1.807, 2.05) is 0 Å². The minimum atomic E-state index is -0.153. The first-order valence-electron chi connectivity index (χ1n) is 9.49. The fourth-order valence-corrected chi connectivity index (χ4v) is 6.65. The van der Waals surface area contributed by atoms with Gasteiger partial charge in [-0.15, -0.1) is 0 Å².